The zero-order valence-corrected chi connectivity index (χ0v) is 17.8. The van der Waals surface area contributed by atoms with E-state index in [0.717, 1.165) is 55.0 Å². The molecule has 5 heterocycles. The monoisotopic (exact) mass is 423 g/mol. The van der Waals surface area contributed by atoms with Gasteiger partial charge in [0.2, 0.25) is 0 Å². The van der Waals surface area contributed by atoms with Crippen molar-refractivity contribution in [1.29, 1.82) is 0 Å². The molecule has 3 fully saturated rings. The largest absolute Gasteiger partial charge is 0.396 e. The predicted molar refractivity (Wildman–Crippen MR) is 116 cm³/mol. The summed E-state index contributed by atoms with van der Waals surface area (Å²) < 4.78 is 6.65. The molecule has 4 atom stereocenters. The Labute approximate surface area is 179 Å². The molecule has 3 aliphatic heterocycles. The van der Waals surface area contributed by atoms with Crippen molar-refractivity contribution < 1.29 is 9.84 Å². The number of thiazole rings is 1. The molecule has 3 aliphatic rings. The van der Waals surface area contributed by atoms with Gasteiger partial charge in [0, 0.05) is 66.5 Å². The van der Waals surface area contributed by atoms with Crippen molar-refractivity contribution >= 4 is 27.9 Å². The SMILES string of the molecule is Cc1nnc(N2C[C@@H]3[C@H](CO)[C@H]4CN(Cc5cncs5)C[C@]3(C2)O4)c2ccccc12. The molecule has 3 aromatic rings. The summed E-state index contributed by atoms with van der Waals surface area (Å²) in [6, 6.07) is 8.34. The van der Waals surface area contributed by atoms with Crippen molar-refractivity contribution in [1.82, 2.24) is 20.1 Å². The van der Waals surface area contributed by atoms with Gasteiger partial charge in [0.1, 0.15) is 5.60 Å². The topological polar surface area (TPSA) is 74.6 Å². The number of hydrogen-bond acceptors (Lipinski definition) is 8. The second-order valence-electron chi connectivity index (χ2n) is 8.85. The van der Waals surface area contributed by atoms with E-state index in [4.69, 9.17) is 4.74 Å². The molecule has 6 rings (SSSR count). The van der Waals surface area contributed by atoms with E-state index in [1.54, 1.807) is 11.3 Å². The highest BCUT2D eigenvalue weighted by molar-refractivity contribution is 7.09. The summed E-state index contributed by atoms with van der Waals surface area (Å²) in [6.45, 7) is 6.43. The van der Waals surface area contributed by atoms with Crippen molar-refractivity contribution in [3.63, 3.8) is 0 Å². The molecule has 1 N–H and O–H groups in total. The lowest BCUT2D eigenvalue weighted by Gasteiger charge is -2.40. The number of likely N-dealkylation sites (tertiary alicyclic amines) is 1. The van der Waals surface area contributed by atoms with Gasteiger partial charge in [0.05, 0.1) is 23.9 Å². The van der Waals surface area contributed by atoms with Crippen LogP contribution in [0.15, 0.2) is 36.0 Å². The number of morpholine rings is 1. The summed E-state index contributed by atoms with van der Waals surface area (Å²) in [5.41, 5.74) is 2.57. The Morgan fingerprint density at radius 2 is 2.07 bits per heavy atom. The molecular weight excluding hydrogens is 398 g/mol. The highest BCUT2D eigenvalue weighted by Gasteiger charge is 2.62. The lowest BCUT2D eigenvalue weighted by atomic mass is 9.83. The van der Waals surface area contributed by atoms with Crippen molar-refractivity contribution in [3.05, 3.63) is 46.5 Å². The highest BCUT2D eigenvalue weighted by Crippen LogP contribution is 2.50. The molecule has 0 aliphatic carbocycles. The quantitative estimate of drug-likeness (QED) is 0.689. The van der Waals surface area contributed by atoms with Gasteiger partial charge in [-0.1, -0.05) is 24.3 Å². The highest BCUT2D eigenvalue weighted by atomic mass is 32.1. The van der Waals surface area contributed by atoms with E-state index in [1.807, 2.05) is 24.7 Å². The third-order valence-corrected chi connectivity index (χ3v) is 7.85. The molecule has 0 saturated carbocycles. The summed E-state index contributed by atoms with van der Waals surface area (Å²) in [7, 11) is 0. The van der Waals surface area contributed by atoms with Gasteiger partial charge in [0.15, 0.2) is 5.82 Å². The molecule has 0 amide bonds. The standard InChI is InChI=1S/C22H25N5O2S/c1-14-16-4-2-3-5-17(16)21(25-24-14)27-8-19-18(10-28)20-9-26(7-15-6-23-13-30-15)11-22(19,12-27)29-20/h2-6,13,18-20,28H,7-12H2,1H3/t18-,19+,20+,22+/m0/s1. The van der Waals surface area contributed by atoms with Gasteiger partial charge in [-0.05, 0) is 6.92 Å². The third kappa shape index (κ3) is 2.78. The maximum absolute atomic E-state index is 10.2. The van der Waals surface area contributed by atoms with E-state index < -0.39 is 0 Å². The van der Waals surface area contributed by atoms with Gasteiger partial charge in [-0.3, -0.25) is 9.88 Å². The van der Waals surface area contributed by atoms with E-state index in [-0.39, 0.29) is 24.2 Å². The molecule has 156 valence electrons. The zero-order valence-electron chi connectivity index (χ0n) is 16.9. The van der Waals surface area contributed by atoms with E-state index in [2.05, 4.69) is 43.2 Å². The molecule has 0 unspecified atom stereocenters. The van der Waals surface area contributed by atoms with Crippen LogP contribution in [-0.2, 0) is 11.3 Å². The van der Waals surface area contributed by atoms with Crippen molar-refractivity contribution in [2.24, 2.45) is 11.8 Å². The van der Waals surface area contributed by atoms with E-state index >= 15 is 0 Å². The van der Waals surface area contributed by atoms with Crippen LogP contribution >= 0.6 is 11.3 Å². The van der Waals surface area contributed by atoms with Crippen LogP contribution in [-0.4, -0.2) is 69.7 Å². The lowest BCUT2D eigenvalue weighted by molar-refractivity contribution is -0.112. The van der Waals surface area contributed by atoms with Crippen LogP contribution in [0.3, 0.4) is 0 Å². The molecule has 7 nitrogen and oxygen atoms in total. The number of rotatable bonds is 4. The number of ether oxygens (including phenoxy) is 1. The smallest absolute Gasteiger partial charge is 0.159 e. The number of hydrogen-bond donors (Lipinski definition) is 1. The number of aliphatic hydroxyl groups excluding tert-OH is 1. The van der Waals surface area contributed by atoms with Crippen LogP contribution in [0.2, 0.25) is 0 Å². The number of benzene rings is 1. The zero-order chi connectivity index (χ0) is 20.3. The Morgan fingerprint density at radius 3 is 2.87 bits per heavy atom. The fourth-order valence-corrected chi connectivity index (χ4v) is 6.44. The Hall–Kier alpha value is -2.13. The second-order valence-corrected chi connectivity index (χ2v) is 9.82. The maximum Gasteiger partial charge on any atom is 0.159 e. The number of anilines is 1. The van der Waals surface area contributed by atoms with Crippen molar-refractivity contribution in [2.45, 2.75) is 25.2 Å². The summed E-state index contributed by atoms with van der Waals surface area (Å²) in [4.78, 5) is 10.3. The first-order valence-corrected chi connectivity index (χ1v) is 11.4. The lowest BCUT2D eigenvalue weighted by Crippen LogP contribution is -2.53. The van der Waals surface area contributed by atoms with E-state index in [0.29, 0.717) is 5.92 Å². The number of nitrogens with zero attached hydrogens (tertiary/aromatic N) is 5. The van der Waals surface area contributed by atoms with Crippen LogP contribution < -0.4 is 4.90 Å². The van der Waals surface area contributed by atoms with E-state index in [1.165, 1.54) is 4.88 Å². The molecule has 2 aromatic heterocycles. The summed E-state index contributed by atoms with van der Waals surface area (Å²) in [5, 5.41) is 21.5. The summed E-state index contributed by atoms with van der Waals surface area (Å²) in [5.74, 6) is 1.38. The third-order valence-electron chi connectivity index (χ3n) is 7.09. The van der Waals surface area contributed by atoms with Gasteiger partial charge >= 0.3 is 0 Å². The minimum atomic E-state index is -0.269. The molecule has 8 heteroatoms. The Morgan fingerprint density at radius 1 is 1.20 bits per heavy atom. The van der Waals surface area contributed by atoms with Gasteiger partial charge in [-0.15, -0.1) is 16.4 Å². The first kappa shape index (κ1) is 18.6. The minimum absolute atomic E-state index is 0.0877. The first-order valence-electron chi connectivity index (χ1n) is 10.5. The Balaban J connectivity index is 1.34. The predicted octanol–water partition coefficient (Wildman–Crippen LogP) is 2.09. The second kappa shape index (κ2) is 6.95. The van der Waals surface area contributed by atoms with Crippen LogP contribution in [0.25, 0.3) is 10.8 Å². The van der Waals surface area contributed by atoms with Gasteiger partial charge < -0.3 is 14.7 Å². The van der Waals surface area contributed by atoms with Crippen molar-refractivity contribution in [2.75, 3.05) is 37.7 Å². The van der Waals surface area contributed by atoms with Crippen LogP contribution in [0.5, 0.6) is 0 Å². The van der Waals surface area contributed by atoms with Gasteiger partial charge in [-0.25, -0.2) is 0 Å². The van der Waals surface area contributed by atoms with Crippen LogP contribution in [0.1, 0.15) is 10.6 Å². The number of aryl methyl sites for hydroxylation is 1. The Kier molecular flexibility index (Phi) is 4.31. The molecule has 3 saturated heterocycles. The molecule has 2 bridgehead atoms. The molecule has 1 spiro atoms. The maximum atomic E-state index is 10.2. The fourth-order valence-electron chi connectivity index (χ4n) is 5.81. The van der Waals surface area contributed by atoms with Gasteiger partial charge in [-0.2, -0.15) is 5.10 Å². The summed E-state index contributed by atoms with van der Waals surface area (Å²) >= 11 is 1.70. The fraction of sp³-hybridized carbons (Fsp3) is 0.500. The average molecular weight is 424 g/mol. The first-order chi connectivity index (χ1) is 14.7. The Bertz CT molecular complexity index is 1080. The summed E-state index contributed by atoms with van der Waals surface area (Å²) in [6.07, 6.45) is 2.04. The number of fused-ring (bicyclic) bond motifs is 2. The van der Waals surface area contributed by atoms with Crippen LogP contribution in [0, 0.1) is 18.8 Å². The minimum Gasteiger partial charge on any atom is -0.396 e. The van der Waals surface area contributed by atoms with Gasteiger partial charge in [0.25, 0.3) is 0 Å². The molecule has 30 heavy (non-hydrogen) atoms. The number of aliphatic hydroxyl groups is 1. The van der Waals surface area contributed by atoms with Crippen molar-refractivity contribution in [3.8, 4) is 0 Å². The molecule has 0 radical (unpaired) electrons. The average Bonchev–Trinajstić information content (AvgIpc) is 3.42. The van der Waals surface area contributed by atoms with Crippen LogP contribution in [0.4, 0.5) is 5.82 Å². The normalized spacial score (nSPS) is 30.9. The molecule has 1 aromatic carbocycles. The van der Waals surface area contributed by atoms with E-state index in [9.17, 15) is 5.11 Å². The number of aromatic nitrogens is 3. The molecular formula is C22H25N5O2S.